The minimum Gasteiger partial charge on any atom is -0.322 e. The SMILES string of the molecule is CCc1nnc2sc(-c3ccc(C)c(NC(=O)c4cc(Cl)ccc4Cl)c3)nn12. The second-order valence-electron chi connectivity index (χ2n) is 6.18. The van der Waals surface area contributed by atoms with Gasteiger partial charge in [-0.05, 0) is 36.8 Å². The van der Waals surface area contributed by atoms with Gasteiger partial charge in [-0.2, -0.15) is 9.61 Å². The number of aromatic nitrogens is 4. The van der Waals surface area contributed by atoms with Crippen molar-refractivity contribution in [3.8, 4) is 10.6 Å². The van der Waals surface area contributed by atoms with E-state index in [1.165, 1.54) is 11.3 Å². The molecule has 0 aliphatic rings. The fraction of sp³-hybridized carbons (Fsp3) is 0.158. The maximum atomic E-state index is 12.7. The Labute approximate surface area is 175 Å². The number of benzene rings is 2. The van der Waals surface area contributed by atoms with Crippen molar-refractivity contribution < 1.29 is 4.79 Å². The van der Waals surface area contributed by atoms with Crippen molar-refractivity contribution in [1.29, 1.82) is 0 Å². The summed E-state index contributed by atoms with van der Waals surface area (Å²) in [4.78, 5) is 13.4. The molecule has 0 aliphatic carbocycles. The molecule has 1 amide bonds. The minimum absolute atomic E-state index is 0.320. The van der Waals surface area contributed by atoms with Crippen LogP contribution in [-0.4, -0.2) is 25.7 Å². The normalized spacial score (nSPS) is 11.1. The number of rotatable bonds is 4. The van der Waals surface area contributed by atoms with E-state index in [9.17, 15) is 4.79 Å². The molecule has 0 fully saturated rings. The predicted octanol–water partition coefficient (Wildman–Crippen LogP) is 5.28. The molecule has 0 unspecified atom stereocenters. The van der Waals surface area contributed by atoms with Crippen LogP contribution in [0.4, 0.5) is 5.69 Å². The van der Waals surface area contributed by atoms with Crippen LogP contribution in [0.2, 0.25) is 10.0 Å². The topological polar surface area (TPSA) is 72.2 Å². The molecule has 0 aliphatic heterocycles. The molecule has 2 aromatic heterocycles. The van der Waals surface area contributed by atoms with Gasteiger partial charge in [-0.3, -0.25) is 4.79 Å². The third kappa shape index (κ3) is 3.48. The number of fused-ring (bicyclic) bond motifs is 1. The van der Waals surface area contributed by atoms with Crippen LogP contribution in [-0.2, 0) is 6.42 Å². The van der Waals surface area contributed by atoms with Gasteiger partial charge in [0.1, 0.15) is 5.01 Å². The molecule has 0 bridgehead atoms. The number of amides is 1. The molecule has 2 aromatic carbocycles. The fourth-order valence-electron chi connectivity index (χ4n) is 2.75. The van der Waals surface area contributed by atoms with Crippen LogP contribution < -0.4 is 5.32 Å². The highest BCUT2D eigenvalue weighted by Crippen LogP contribution is 2.30. The molecule has 1 N–H and O–H groups in total. The first-order chi connectivity index (χ1) is 13.5. The number of nitrogens with one attached hydrogen (secondary N) is 1. The Morgan fingerprint density at radius 1 is 1.18 bits per heavy atom. The maximum absolute atomic E-state index is 12.7. The Hall–Kier alpha value is -2.48. The Balaban J connectivity index is 1.67. The monoisotopic (exact) mass is 431 g/mol. The van der Waals surface area contributed by atoms with Gasteiger partial charge in [-0.1, -0.05) is 53.6 Å². The first-order valence-electron chi connectivity index (χ1n) is 8.55. The van der Waals surface area contributed by atoms with Crippen molar-refractivity contribution in [3.63, 3.8) is 0 Å². The van der Waals surface area contributed by atoms with Crippen LogP contribution >= 0.6 is 34.5 Å². The Morgan fingerprint density at radius 3 is 2.79 bits per heavy atom. The molecular formula is C19H15Cl2N5OS. The zero-order valence-electron chi connectivity index (χ0n) is 15.0. The summed E-state index contributed by atoms with van der Waals surface area (Å²) in [6.07, 6.45) is 0.750. The van der Waals surface area contributed by atoms with Crippen LogP contribution in [0.15, 0.2) is 36.4 Å². The van der Waals surface area contributed by atoms with Crippen molar-refractivity contribution in [2.24, 2.45) is 0 Å². The smallest absolute Gasteiger partial charge is 0.257 e. The fourth-order valence-corrected chi connectivity index (χ4v) is 3.98. The highest BCUT2D eigenvalue weighted by atomic mass is 35.5. The molecule has 0 saturated heterocycles. The lowest BCUT2D eigenvalue weighted by atomic mass is 10.1. The van der Waals surface area contributed by atoms with Gasteiger partial charge in [-0.25, -0.2) is 0 Å². The summed E-state index contributed by atoms with van der Waals surface area (Å²) in [6, 6.07) is 10.6. The van der Waals surface area contributed by atoms with Gasteiger partial charge in [0.15, 0.2) is 5.82 Å². The highest BCUT2D eigenvalue weighted by Gasteiger charge is 2.15. The molecule has 28 heavy (non-hydrogen) atoms. The van der Waals surface area contributed by atoms with Gasteiger partial charge in [-0.15, -0.1) is 10.2 Å². The van der Waals surface area contributed by atoms with Gasteiger partial charge in [0.2, 0.25) is 4.96 Å². The van der Waals surface area contributed by atoms with Crippen molar-refractivity contribution in [2.45, 2.75) is 20.3 Å². The summed E-state index contributed by atoms with van der Waals surface area (Å²) in [5.74, 6) is 0.493. The summed E-state index contributed by atoms with van der Waals surface area (Å²) in [5.41, 5.74) is 2.81. The van der Waals surface area contributed by atoms with Crippen LogP contribution in [0.1, 0.15) is 28.7 Å². The molecule has 0 atom stereocenters. The van der Waals surface area contributed by atoms with Crippen molar-refractivity contribution in [1.82, 2.24) is 19.8 Å². The van der Waals surface area contributed by atoms with Crippen LogP contribution in [0.25, 0.3) is 15.5 Å². The molecule has 4 rings (SSSR count). The standard InChI is InChI=1S/C19H15Cl2N5OS/c1-3-16-23-24-19-26(16)25-18(28-19)11-5-4-10(2)15(8-11)22-17(27)13-9-12(20)6-7-14(13)21/h4-9H,3H2,1-2H3,(H,22,27). The number of anilines is 1. The first kappa shape index (κ1) is 18.9. The molecule has 0 saturated carbocycles. The van der Waals surface area contributed by atoms with E-state index < -0.39 is 0 Å². The first-order valence-corrected chi connectivity index (χ1v) is 10.1. The molecule has 142 valence electrons. The summed E-state index contributed by atoms with van der Waals surface area (Å²) in [5, 5.41) is 17.4. The Morgan fingerprint density at radius 2 is 2.00 bits per heavy atom. The van der Waals surface area contributed by atoms with Gasteiger partial charge < -0.3 is 5.32 Å². The van der Waals surface area contributed by atoms with Gasteiger partial charge in [0.25, 0.3) is 5.91 Å². The molecule has 9 heteroatoms. The lowest BCUT2D eigenvalue weighted by molar-refractivity contribution is 0.102. The number of carbonyl (C=O) groups is 1. The quantitative estimate of drug-likeness (QED) is 0.476. The van der Waals surface area contributed by atoms with Gasteiger partial charge >= 0.3 is 0 Å². The third-order valence-electron chi connectivity index (χ3n) is 4.28. The summed E-state index contributed by atoms with van der Waals surface area (Å²) >= 11 is 13.6. The number of nitrogens with zero attached hydrogens (tertiary/aromatic N) is 4. The van der Waals surface area contributed by atoms with E-state index in [1.54, 1.807) is 22.7 Å². The van der Waals surface area contributed by atoms with Crippen molar-refractivity contribution in [3.05, 3.63) is 63.4 Å². The number of hydrogen-bond donors (Lipinski definition) is 1. The summed E-state index contributed by atoms with van der Waals surface area (Å²) < 4.78 is 1.75. The third-order valence-corrected chi connectivity index (χ3v) is 5.79. The maximum Gasteiger partial charge on any atom is 0.257 e. The Kier molecular flexibility index (Phi) is 5.05. The number of carbonyl (C=O) groups excluding carboxylic acids is 1. The van der Waals surface area contributed by atoms with E-state index in [0.717, 1.165) is 33.3 Å². The zero-order chi connectivity index (χ0) is 19.8. The van der Waals surface area contributed by atoms with E-state index >= 15 is 0 Å². The van der Waals surface area contributed by atoms with Gasteiger partial charge in [0, 0.05) is 22.7 Å². The Bertz CT molecular complexity index is 1200. The van der Waals surface area contributed by atoms with Crippen molar-refractivity contribution >= 4 is 51.1 Å². The molecule has 0 radical (unpaired) electrons. The van der Waals surface area contributed by atoms with Crippen molar-refractivity contribution in [2.75, 3.05) is 5.32 Å². The van der Waals surface area contributed by atoms with E-state index in [2.05, 4.69) is 20.6 Å². The molecular weight excluding hydrogens is 417 g/mol. The van der Waals surface area contributed by atoms with Crippen LogP contribution in [0, 0.1) is 6.92 Å². The molecule has 0 spiro atoms. The molecule has 2 heterocycles. The van der Waals surface area contributed by atoms with E-state index in [1.807, 2.05) is 32.0 Å². The van der Waals surface area contributed by atoms with E-state index in [0.29, 0.717) is 21.3 Å². The average molecular weight is 432 g/mol. The van der Waals surface area contributed by atoms with E-state index in [-0.39, 0.29) is 5.91 Å². The molecule has 6 nitrogen and oxygen atoms in total. The molecule has 4 aromatic rings. The second-order valence-corrected chi connectivity index (χ2v) is 7.98. The van der Waals surface area contributed by atoms with Crippen LogP contribution in [0.5, 0.6) is 0 Å². The number of halogens is 2. The zero-order valence-corrected chi connectivity index (χ0v) is 17.4. The number of aryl methyl sites for hydroxylation is 2. The van der Waals surface area contributed by atoms with Crippen LogP contribution in [0.3, 0.4) is 0 Å². The van der Waals surface area contributed by atoms with Gasteiger partial charge in [0.05, 0.1) is 10.6 Å². The highest BCUT2D eigenvalue weighted by molar-refractivity contribution is 7.19. The number of hydrogen-bond acceptors (Lipinski definition) is 5. The average Bonchev–Trinajstić information content (AvgIpc) is 3.26. The minimum atomic E-state index is -0.320. The van der Waals surface area contributed by atoms with E-state index in [4.69, 9.17) is 23.2 Å². The lowest BCUT2D eigenvalue weighted by Crippen LogP contribution is -2.13. The summed E-state index contributed by atoms with van der Waals surface area (Å²) in [7, 11) is 0. The predicted molar refractivity (Wildman–Crippen MR) is 113 cm³/mol. The summed E-state index contributed by atoms with van der Waals surface area (Å²) in [6.45, 7) is 3.93. The lowest BCUT2D eigenvalue weighted by Gasteiger charge is -2.11. The largest absolute Gasteiger partial charge is 0.322 e. The second kappa shape index (κ2) is 7.50.